The first-order valence-corrected chi connectivity index (χ1v) is 10.1. The van der Waals surface area contributed by atoms with Crippen LogP contribution in [0.3, 0.4) is 0 Å². The number of carbonyl (C=O) groups is 2. The van der Waals surface area contributed by atoms with E-state index in [1.165, 1.54) is 0 Å². The number of nitrogens with two attached hydrogens (primary N) is 1. The maximum Gasteiger partial charge on any atom is 0.260 e. The number of anilines is 1. The predicted molar refractivity (Wildman–Crippen MR) is 112 cm³/mol. The third-order valence-electron chi connectivity index (χ3n) is 5.70. The van der Waals surface area contributed by atoms with Crippen LogP contribution in [0.15, 0.2) is 36.4 Å². The molecule has 1 saturated heterocycles. The van der Waals surface area contributed by atoms with Gasteiger partial charge in [-0.05, 0) is 29.8 Å². The van der Waals surface area contributed by atoms with Gasteiger partial charge in [0.25, 0.3) is 5.91 Å². The van der Waals surface area contributed by atoms with E-state index in [4.69, 9.17) is 26.8 Å². The lowest BCUT2D eigenvalue weighted by molar-refractivity contribution is -0.125. The summed E-state index contributed by atoms with van der Waals surface area (Å²) in [5, 5.41) is 3.40. The van der Waals surface area contributed by atoms with Crippen LogP contribution in [-0.2, 0) is 25.7 Å². The Morgan fingerprint density at radius 2 is 1.93 bits per heavy atom. The number of halogens is 1. The predicted octanol–water partition coefficient (Wildman–Crippen LogP) is 2.55. The molecule has 5 rings (SSSR count). The quantitative estimate of drug-likeness (QED) is 0.737. The van der Waals surface area contributed by atoms with Crippen molar-refractivity contribution in [2.75, 3.05) is 31.6 Å². The monoisotopic (exact) mass is 425 g/mol. The number of amides is 2. The number of morpholine rings is 1. The van der Waals surface area contributed by atoms with Crippen molar-refractivity contribution >= 4 is 40.4 Å². The number of fused-ring (bicyclic) bond motifs is 2. The topological polar surface area (TPSA) is 93.9 Å². The summed E-state index contributed by atoms with van der Waals surface area (Å²) in [6.45, 7) is 2.76. The Morgan fingerprint density at radius 1 is 1.13 bits per heavy atom. The second kappa shape index (κ2) is 7.43. The van der Waals surface area contributed by atoms with Gasteiger partial charge >= 0.3 is 0 Å². The van der Waals surface area contributed by atoms with E-state index in [9.17, 15) is 9.59 Å². The van der Waals surface area contributed by atoms with Gasteiger partial charge in [-0.25, -0.2) is 0 Å². The van der Waals surface area contributed by atoms with Gasteiger partial charge in [0.1, 0.15) is 18.4 Å². The van der Waals surface area contributed by atoms with Gasteiger partial charge in [0.15, 0.2) is 0 Å². The molecule has 0 aliphatic carbocycles. The molecule has 3 aliphatic heterocycles. The average molecular weight is 426 g/mol. The van der Waals surface area contributed by atoms with Crippen molar-refractivity contribution < 1.29 is 19.1 Å². The Morgan fingerprint density at radius 3 is 2.70 bits per heavy atom. The van der Waals surface area contributed by atoms with Gasteiger partial charge in [0.2, 0.25) is 5.91 Å². The number of hydrogen-bond acceptors (Lipinski definition) is 5. The third-order valence-corrected chi connectivity index (χ3v) is 5.93. The van der Waals surface area contributed by atoms with Gasteiger partial charge in [-0.1, -0.05) is 23.7 Å². The summed E-state index contributed by atoms with van der Waals surface area (Å²) < 4.78 is 11.3. The molecule has 3 N–H and O–H groups in total. The van der Waals surface area contributed by atoms with Crippen LogP contribution in [0.1, 0.15) is 28.3 Å². The molecule has 2 aromatic carbocycles. The molecule has 0 bridgehead atoms. The lowest BCUT2D eigenvalue weighted by Gasteiger charge is -2.32. The molecule has 1 unspecified atom stereocenters. The standard InChI is InChI=1S/C22H20ClN3O4/c23-14-2-4-17-16(10-14)18(22(28)25-17)20-15-3-1-12(9-13(15)11-30-20)19(21(24)27)26-5-7-29-8-6-26/h1-4,9-10,19H,5-8,11H2,(H2,24,27)(H,25,28). The van der Waals surface area contributed by atoms with Crippen LogP contribution in [-0.4, -0.2) is 43.0 Å². The number of primary amides is 1. The molecule has 0 radical (unpaired) electrons. The fraction of sp³-hybridized carbons (Fsp3) is 0.273. The van der Waals surface area contributed by atoms with E-state index in [2.05, 4.69) is 5.32 Å². The van der Waals surface area contributed by atoms with E-state index < -0.39 is 11.9 Å². The van der Waals surface area contributed by atoms with Crippen molar-refractivity contribution in [3.05, 3.63) is 63.7 Å². The lowest BCUT2D eigenvalue weighted by atomic mass is 9.96. The maximum atomic E-state index is 12.6. The van der Waals surface area contributed by atoms with Crippen LogP contribution in [0.25, 0.3) is 11.3 Å². The number of benzene rings is 2. The molecule has 2 amide bonds. The minimum Gasteiger partial charge on any atom is -0.487 e. The smallest absolute Gasteiger partial charge is 0.260 e. The zero-order chi connectivity index (χ0) is 20.8. The number of nitrogens with zero attached hydrogens (tertiary/aromatic N) is 1. The Bertz CT molecular complexity index is 1090. The van der Waals surface area contributed by atoms with E-state index in [1.54, 1.807) is 18.2 Å². The summed E-state index contributed by atoms with van der Waals surface area (Å²) >= 11 is 6.14. The molecule has 1 fully saturated rings. The Hall–Kier alpha value is -2.87. The zero-order valence-electron chi connectivity index (χ0n) is 16.1. The fourth-order valence-electron chi connectivity index (χ4n) is 4.31. The van der Waals surface area contributed by atoms with Crippen LogP contribution in [0.2, 0.25) is 5.02 Å². The number of ether oxygens (including phenoxy) is 2. The first-order chi connectivity index (χ1) is 14.5. The summed E-state index contributed by atoms with van der Waals surface area (Å²) in [4.78, 5) is 26.9. The molecule has 8 heteroatoms. The third kappa shape index (κ3) is 3.15. The van der Waals surface area contributed by atoms with Gasteiger partial charge in [-0.2, -0.15) is 0 Å². The van der Waals surface area contributed by atoms with Gasteiger partial charge < -0.3 is 20.5 Å². The molecular formula is C22H20ClN3O4. The van der Waals surface area contributed by atoms with Gasteiger partial charge in [-0.3, -0.25) is 14.5 Å². The minimum atomic E-state index is -0.523. The summed E-state index contributed by atoms with van der Waals surface area (Å²) in [7, 11) is 0. The highest BCUT2D eigenvalue weighted by atomic mass is 35.5. The second-order valence-corrected chi connectivity index (χ2v) is 7.94. The Labute approximate surface area is 178 Å². The molecule has 1 atom stereocenters. The lowest BCUT2D eigenvalue weighted by Crippen LogP contribution is -2.44. The van der Waals surface area contributed by atoms with E-state index >= 15 is 0 Å². The highest BCUT2D eigenvalue weighted by molar-refractivity contribution is 6.38. The van der Waals surface area contributed by atoms with Gasteiger partial charge in [0.05, 0.1) is 18.8 Å². The van der Waals surface area contributed by atoms with Crippen LogP contribution < -0.4 is 11.1 Å². The van der Waals surface area contributed by atoms with Crippen molar-refractivity contribution in [2.24, 2.45) is 5.73 Å². The van der Waals surface area contributed by atoms with Crippen molar-refractivity contribution in [3.63, 3.8) is 0 Å². The second-order valence-electron chi connectivity index (χ2n) is 7.51. The molecule has 0 spiro atoms. The molecular weight excluding hydrogens is 406 g/mol. The molecule has 154 valence electrons. The minimum absolute atomic E-state index is 0.220. The molecule has 30 heavy (non-hydrogen) atoms. The number of rotatable bonds is 3. The van der Waals surface area contributed by atoms with Crippen molar-refractivity contribution in [3.8, 4) is 0 Å². The first kappa shape index (κ1) is 19.1. The first-order valence-electron chi connectivity index (χ1n) is 9.75. The van der Waals surface area contributed by atoms with Crippen molar-refractivity contribution in [1.29, 1.82) is 0 Å². The summed E-state index contributed by atoms with van der Waals surface area (Å²) in [6.07, 6.45) is 0. The molecule has 0 aromatic heterocycles. The molecule has 2 aromatic rings. The van der Waals surface area contributed by atoms with Gasteiger partial charge in [-0.15, -0.1) is 0 Å². The van der Waals surface area contributed by atoms with Gasteiger partial charge in [0, 0.05) is 40.5 Å². The largest absolute Gasteiger partial charge is 0.487 e. The van der Waals surface area contributed by atoms with E-state index in [0.717, 1.165) is 22.3 Å². The SMILES string of the molecule is NC(=O)C(c1ccc2c(c1)COC2=C1C(=O)Nc2ccc(Cl)cc21)N1CCOCC1. The van der Waals surface area contributed by atoms with Crippen LogP contribution >= 0.6 is 11.6 Å². The molecule has 3 aliphatic rings. The number of nitrogens with one attached hydrogen (secondary N) is 1. The van der Waals surface area contributed by atoms with Crippen molar-refractivity contribution in [2.45, 2.75) is 12.6 Å². The maximum absolute atomic E-state index is 12.6. The normalized spacial score (nSPS) is 21.6. The number of hydrogen-bond donors (Lipinski definition) is 2. The van der Waals surface area contributed by atoms with Crippen LogP contribution in [0, 0.1) is 0 Å². The fourth-order valence-corrected chi connectivity index (χ4v) is 4.49. The molecule has 3 heterocycles. The highest BCUT2D eigenvalue weighted by Crippen LogP contribution is 2.43. The highest BCUT2D eigenvalue weighted by Gasteiger charge is 2.34. The van der Waals surface area contributed by atoms with Crippen LogP contribution in [0.5, 0.6) is 0 Å². The number of carbonyl (C=O) groups excluding carboxylic acids is 2. The summed E-state index contributed by atoms with van der Waals surface area (Å²) in [5.74, 6) is -0.0901. The van der Waals surface area contributed by atoms with E-state index in [0.29, 0.717) is 55.0 Å². The van der Waals surface area contributed by atoms with Crippen LogP contribution in [0.4, 0.5) is 5.69 Å². The molecule has 7 nitrogen and oxygen atoms in total. The van der Waals surface area contributed by atoms with E-state index in [1.807, 2.05) is 23.1 Å². The summed E-state index contributed by atoms with van der Waals surface area (Å²) in [5.41, 5.74) is 10.2. The Balaban J connectivity index is 1.55. The van der Waals surface area contributed by atoms with Crippen molar-refractivity contribution in [1.82, 2.24) is 4.90 Å². The zero-order valence-corrected chi connectivity index (χ0v) is 16.9. The summed E-state index contributed by atoms with van der Waals surface area (Å²) in [6, 6.07) is 10.5. The Kier molecular flexibility index (Phi) is 4.73. The molecule has 0 saturated carbocycles. The average Bonchev–Trinajstić information content (AvgIpc) is 3.27. The van der Waals surface area contributed by atoms with E-state index in [-0.39, 0.29) is 5.91 Å².